The lowest BCUT2D eigenvalue weighted by Gasteiger charge is -2.24. The molecule has 1 aromatic carbocycles. The molecule has 0 aromatic heterocycles. The van der Waals surface area contributed by atoms with Gasteiger partial charge < -0.3 is 9.84 Å². The Hall–Kier alpha value is -1.62. The van der Waals surface area contributed by atoms with Gasteiger partial charge in [-0.1, -0.05) is 19.9 Å². The molecule has 0 aliphatic carbocycles. The van der Waals surface area contributed by atoms with E-state index < -0.39 is 10.5 Å². The molecule has 0 unspecified atom stereocenters. The first-order valence-corrected chi connectivity index (χ1v) is 6.02. The zero-order valence-corrected chi connectivity index (χ0v) is 11.0. The third-order valence-electron chi connectivity index (χ3n) is 3.12. The Labute approximate surface area is 107 Å². The first-order valence-electron chi connectivity index (χ1n) is 6.02. The maximum absolute atomic E-state index is 10.9. The van der Waals surface area contributed by atoms with Crippen molar-refractivity contribution in [2.75, 3.05) is 6.61 Å². The van der Waals surface area contributed by atoms with E-state index in [0.29, 0.717) is 12.8 Å². The van der Waals surface area contributed by atoms with Crippen LogP contribution in [0.25, 0.3) is 0 Å². The van der Waals surface area contributed by atoms with Gasteiger partial charge >= 0.3 is 5.69 Å². The molecule has 0 radical (unpaired) electrons. The van der Waals surface area contributed by atoms with Gasteiger partial charge in [0.25, 0.3) is 0 Å². The molecule has 0 atom stereocenters. The number of aliphatic hydroxyl groups is 1. The van der Waals surface area contributed by atoms with Gasteiger partial charge in [0.1, 0.15) is 6.61 Å². The largest absolute Gasteiger partial charge is 0.484 e. The molecule has 0 amide bonds. The zero-order valence-electron chi connectivity index (χ0n) is 11.0. The lowest BCUT2D eigenvalue weighted by atomic mass is 9.99. The highest BCUT2D eigenvalue weighted by Crippen LogP contribution is 2.29. The standard InChI is InChI=1S/C13H19NO4/c1-4-13(15,5-2)9-18-12-7-6-10(3)8-11(12)14(16)17/h6-8,15H,4-5,9H2,1-3H3. The monoisotopic (exact) mass is 253 g/mol. The topological polar surface area (TPSA) is 72.6 Å². The van der Waals surface area contributed by atoms with E-state index in [1.54, 1.807) is 19.1 Å². The van der Waals surface area contributed by atoms with Crippen molar-refractivity contribution in [1.82, 2.24) is 0 Å². The van der Waals surface area contributed by atoms with Crippen molar-refractivity contribution in [3.05, 3.63) is 33.9 Å². The first-order chi connectivity index (χ1) is 8.41. The molecule has 0 aliphatic rings. The quantitative estimate of drug-likeness (QED) is 0.625. The van der Waals surface area contributed by atoms with Crippen molar-refractivity contribution in [2.45, 2.75) is 39.2 Å². The Balaban J connectivity index is 2.88. The summed E-state index contributed by atoms with van der Waals surface area (Å²) in [7, 11) is 0. The summed E-state index contributed by atoms with van der Waals surface area (Å²) in [4.78, 5) is 10.4. The molecule has 5 heteroatoms. The molecule has 0 saturated heterocycles. The van der Waals surface area contributed by atoms with Crippen LogP contribution in [0.1, 0.15) is 32.3 Å². The Morgan fingerprint density at radius 1 is 1.39 bits per heavy atom. The first kappa shape index (κ1) is 14.4. The summed E-state index contributed by atoms with van der Waals surface area (Å²) in [6.07, 6.45) is 1.09. The number of hydrogen-bond donors (Lipinski definition) is 1. The Morgan fingerprint density at radius 3 is 2.50 bits per heavy atom. The molecule has 0 aliphatic heterocycles. The van der Waals surface area contributed by atoms with Crippen LogP contribution in [0.5, 0.6) is 5.75 Å². The number of nitrogens with zero attached hydrogens (tertiary/aromatic N) is 1. The average molecular weight is 253 g/mol. The summed E-state index contributed by atoms with van der Waals surface area (Å²) >= 11 is 0. The second kappa shape index (κ2) is 5.82. The normalized spacial score (nSPS) is 11.3. The number of ether oxygens (including phenoxy) is 1. The van der Waals surface area contributed by atoms with Gasteiger partial charge in [0.15, 0.2) is 5.75 Å². The fraction of sp³-hybridized carbons (Fsp3) is 0.538. The van der Waals surface area contributed by atoms with Gasteiger partial charge in [0.05, 0.1) is 10.5 Å². The lowest BCUT2D eigenvalue weighted by Crippen LogP contribution is -2.34. The fourth-order valence-corrected chi connectivity index (χ4v) is 1.56. The zero-order chi connectivity index (χ0) is 13.8. The average Bonchev–Trinajstić information content (AvgIpc) is 2.36. The van der Waals surface area contributed by atoms with E-state index >= 15 is 0 Å². The van der Waals surface area contributed by atoms with Gasteiger partial charge in [-0.3, -0.25) is 10.1 Å². The molecule has 100 valence electrons. The van der Waals surface area contributed by atoms with Crippen LogP contribution in [0.4, 0.5) is 5.69 Å². The summed E-state index contributed by atoms with van der Waals surface area (Å²) in [5, 5.41) is 21.0. The summed E-state index contributed by atoms with van der Waals surface area (Å²) in [6.45, 7) is 5.56. The number of rotatable bonds is 6. The van der Waals surface area contributed by atoms with Crippen molar-refractivity contribution in [2.24, 2.45) is 0 Å². The number of nitro groups is 1. The van der Waals surface area contributed by atoms with E-state index in [2.05, 4.69) is 0 Å². The molecule has 0 spiro atoms. The Morgan fingerprint density at radius 2 is 2.00 bits per heavy atom. The molecular formula is C13H19NO4. The van der Waals surface area contributed by atoms with Gasteiger partial charge in [0.2, 0.25) is 0 Å². The molecule has 0 heterocycles. The van der Waals surface area contributed by atoms with E-state index in [1.807, 2.05) is 13.8 Å². The molecule has 0 fully saturated rings. The Bertz CT molecular complexity index is 427. The van der Waals surface area contributed by atoms with E-state index in [4.69, 9.17) is 4.74 Å². The van der Waals surface area contributed by atoms with Crippen molar-refractivity contribution < 1.29 is 14.8 Å². The summed E-state index contributed by atoms with van der Waals surface area (Å²) in [5.74, 6) is 0.200. The highest BCUT2D eigenvalue weighted by Gasteiger charge is 2.25. The maximum Gasteiger partial charge on any atom is 0.311 e. The molecule has 0 saturated carbocycles. The second-order valence-corrected chi connectivity index (χ2v) is 4.45. The lowest BCUT2D eigenvalue weighted by molar-refractivity contribution is -0.386. The third kappa shape index (κ3) is 3.43. The minimum atomic E-state index is -0.932. The fourth-order valence-electron chi connectivity index (χ4n) is 1.56. The number of hydrogen-bond acceptors (Lipinski definition) is 4. The van der Waals surface area contributed by atoms with E-state index in [0.717, 1.165) is 5.56 Å². The predicted octanol–water partition coefficient (Wildman–Crippen LogP) is 2.83. The third-order valence-corrected chi connectivity index (χ3v) is 3.12. The summed E-state index contributed by atoms with van der Waals surface area (Å²) in [6, 6.07) is 4.78. The molecular weight excluding hydrogens is 234 g/mol. The van der Waals surface area contributed by atoms with Crippen LogP contribution >= 0.6 is 0 Å². The van der Waals surface area contributed by atoms with Crippen LogP contribution in [0.3, 0.4) is 0 Å². The van der Waals surface area contributed by atoms with Crippen molar-refractivity contribution in [3.63, 3.8) is 0 Å². The van der Waals surface area contributed by atoms with E-state index in [9.17, 15) is 15.2 Å². The molecule has 1 aromatic rings. The SMILES string of the molecule is CCC(O)(CC)COc1ccc(C)cc1[N+](=O)[O-]. The number of benzene rings is 1. The molecule has 5 nitrogen and oxygen atoms in total. The van der Waals surface area contributed by atoms with Crippen molar-refractivity contribution >= 4 is 5.69 Å². The van der Waals surface area contributed by atoms with Crippen LogP contribution in [0.15, 0.2) is 18.2 Å². The molecule has 18 heavy (non-hydrogen) atoms. The highest BCUT2D eigenvalue weighted by atomic mass is 16.6. The maximum atomic E-state index is 10.9. The number of aryl methyl sites for hydroxylation is 1. The molecule has 0 bridgehead atoms. The van der Waals surface area contributed by atoms with Gasteiger partial charge in [-0.05, 0) is 31.4 Å². The minimum Gasteiger partial charge on any atom is -0.484 e. The second-order valence-electron chi connectivity index (χ2n) is 4.45. The van der Waals surface area contributed by atoms with Crippen LogP contribution in [-0.2, 0) is 0 Å². The van der Waals surface area contributed by atoms with Crippen LogP contribution in [0.2, 0.25) is 0 Å². The van der Waals surface area contributed by atoms with Crippen LogP contribution in [-0.4, -0.2) is 22.2 Å². The van der Waals surface area contributed by atoms with E-state index in [1.165, 1.54) is 6.07 Å². The Kier molecular flexibility index (Phi) is 4.67. The smallest absolute Gasteiger partial charge is 0.311 e. The molecule has 1 N–H and O–H groups in total. The van der Waals surface area contributed by atoms with Gasteiger partial charge in [-0.15, -0.1) is 0 Å². The highest BCUT2D eigenvalue weighted by molar-refractivity contribution is 5.48. The van der Waals surface area contributed by atoms with Crippen molar-refractivity contribution in [1.29, 1.82) is 0 Å². The van der Waals surface area contributed by atoms with Gasteiger partial charge in [-0.25, -0.2) is 0 Å². The van der Waals surface area contributed by atoms with Gasteiger partial charge in [0, 0.05) is 6.07 Å². The van der Waals surface area contributed by atoms with Crippen molar-refractivity contribution in [3.8, 4) is 5.75 Å². The summed E-state index contributed by atoms with van der Waals surface area (Å²) < 4.78 is 5.41. The van der Waals surface area contributed by atoms with Crippen LogP contribution in [0, 0.1) is 17.0 Å². The van der Waals surface area contributed by atoms with Gasteiger partial charge in [-0.2, -0.15) is 0 Å². The minimum absolute atomic E-state index is 0.0594. The number of nitro benzene ring substituents is 1. The summed E-state index contributed by atoms with van der Waals surface area (Å²) in [5.41, 5.74) is -0.196. The predicted molar refractivity (Wildman–Crippen MR) is 68.9 cm³/mol. The van der Waals surface area contributed by atoms with E-state index in [-0.39, 0.29) is 18.0 Å². The van der Waals surface area contributed by atoms with Crippen LogP contribution < -0.4 is 4.74 Å². The molecule has 1 rings (SSSR count).